The maximum absolute atomic E-state index is 12.1. The second-order valence-corrected chi connectivity index (χ2v) is 5.09. The molecule has 6 heteroatoms. The van der Waals surface area contributed by atoms with Crippen LogP contribution in [0.25, 0.3) is 0 Å². The van der Waals surface area contributed by atoms with Crippen LogP contribution in [0.3, 0.4) is 0 Å². The number of nitrogens with zero attached hydrogens (tertiary/aromatic N) is 3. The molecule has 0 saturated heterocycles. The quantitative estimate of drug-likeness (QED) is 0.772. The van der Waals surface area contributed by atoms with Crippen LogP contribution in [0.2, 0.25) is 5.15 Å². The molecule has 0 aromatic carbocycles. The van der Waals surface area contributed by atoms with E-state index in [-0.39, 0.29) is 29.1 Å². The summed E-state index contributed by atoms with van der Waals surface area (Å²) in [5.41, 5.74) is -0.248. The van der Waals surface area contributed by atoms with Gasteiger partial charge in [0.15, 0.2) is 0 Å². The summed E-state index contributed by atoms with van der Waals surface area (Å²) in [5, 5.41) is 0.207. The van der Waals surface area contributed by atoms with Gasteiger partial charge in [0.1, 0.15) is 17.5 Å². The molecule has 1 aliphatic carbocycles. The van der Waals surface area contributed by atoms with Gasteiger partial charge in [0.2, 0.25) is 5.91 Å². The van der Waals surface area contributed by atoms with E-state index < -0.39 is 0 Å². The molecule has 5 nitrogen and oxygen atoms in total. The molecular weight excluding hydrogens is 266 g/mol. The van der Waals surface area contributed by atoms with Gasteiger partial charge in [0.25, 0.3) is 5.56 Å². The lowest BCUT2D eigenvalue weighted by molar-refractivity contribution is -0.131. The average Bonchev–Trinajstić information content (AvgIpc) is 3.18. The van der Waals surface area contributed by atoms with Crippen molar-refractivity contribution in [2.75, 3.05) is 13.1 Å². The van der Waals surface area contributed by atoms with Crippen LogP contribution in [-0.2, 0) is 11.3 Å². The van der Waals surface area contributed by atoms with E-state index in [4.69, 9.17) is 11.6 Å². The van der Waals surface area contributed by atoms with Crippen LogP contribution in [0.5, 0.6) is 0 Å². The first-order chi connectivity index (χ1) is 9.06. The van der Waals surface area contributed by atoms with E-state index in [9.17, 15) is 9.59 Å². The third-order valence-corrected chi connectivity index (χ3v) is 3.55. The smallest absolute Gasteiger partial charge is 0.255 e. The fourth-order valence-corrected chi connectivity index (χ4v) is 2.30. The van der Waals surface area contributed by atoms with E-state index in [1.54, 1.807) is 4.90 Å². The lowest BCUT2D eigenvalue weighted by Crippen LogP contribution is -2.37. The van der Waals surface area contributed by atoms with E-state index in [0.717, 1.165) is 12.8 Å². The molecule has 1 aliphatic rings. The Morgan fingerprint density at radius 1 is 1.47 bits per heavy atom. The standard InChI is InChI=1S/C13H18ClN3O2/c1-3-16(4-2)12(19)8-17-11(18)7-10(14)15-13(17)9-5-6-9/h7,9H,3-6,8H2,1-2H3. The van der Waals surface area contributed by atoms with Crippen molar-refractivity contribution < 1.29 is 4.79 Å². The number of halogens is 1. The minimum absolute atomic E-state index is 0.0521. The number of likely N-dealkylation sites (N-methyl/N-ethyl adjacent to an activating group) is 1. The van der Waals surface area contributed by atoms with Crippen LogP contribution in [0, 0.1) is 0 Å². The molecular formula is C13H18ClN3O2. The number of hydrogen-bond donors (Lipinski definition) is 0. The van der Waals surface area contributed by atoms with Gasteiger partial charge in [0, 0.05) is 25.1 Å². The Kier molecular flexibility index (Phi) is 4.24. The summed E-state index contributed by atoms with van der Waals surface area (Å²) in [6, 6.07) is 1.27. The molecule has 1 saturated carbocycles. The van der Waals surface area contributed by atoms with E-state index in [2.05, 4.69) is 4.98 Å². The van der Waals surface area contributed by atoms with Gasteiger partial charge >= 0.3 is 0 Å². The Morgan fingerprint density at radius 3 is 2.63 bits per heavy atom. The van der Waals surface area contributed by atoms with Crippen molar-refractivity contribution in [2.45, 2.75) is 39.2 Å². The Balaban J connectivity index is 2.29. The van der Waals surface area contributed by atoms with Gasteiger partial charge in [-0.25, -0.2) is 4.98 Å². The van der Waals surface area contributed by atoms with Crippen molar-refractivity contribution in [1.82, 2.24) is 14.5 Å². The molecule has 0 radical (unpaired) electrons. The molecule has 0 aliphatic heterocycles. The lowest BCUT2D eigenvalue weighted by Gasteiger charge is -2.20. The minimum Gasteiger partial charge on any atom is -0.342 e. The number of carbonyl (C=O) groups is 1. The molecule has 1 heterocycles. The molecule has 0 N–H and O–H groups in total. The molecule has 1 amide bonds. The summed E-state index contributed by atoms with van der Waals surface area (Å²) in [5.74, 6) is 0.868. The first-order valence-electron chi connectivity index (χ1n) is 6.61. The second kappa shape index (κ2) is 5.74. The average molecular weight is 284 g/mol. The fraction of sp³-hybridized carbons (Fsp3) is 0.615. The van der Waals surface area contributed by atoms with E-state index in [0.29, 0.717) is 18.9 Å². The topological polar surface area (TPSA) is 55.2 Å². The maximum atomic E-state index is 12.1. The van der Waals surface area contributed by atoms with Gasteiger partial charge in [-0.15, -0.1) is 0 Å². The lowest BCUT2D eigenvalue weighted by atomic mass is 10.3. The van der Waals surface area contributed by atoms with E-state index >= 15 is 0 Å². The maximum Gasteiger partial charge on any atom is 0.255 e. The third-order valence-electron chi connectivity index (χ3n) is 3.36. The van der Waals surface area contributed by atoms with E-state index in [1.165, 1.54) is 10.6 Å². The summed E-state index contributed by atoms with van der Waals surface area (Å²) >= 11 is 5.83. The highest BCUT2D eigenvalue weighted by Gasteiger charge is 2.29. The molecule has 2 rings (SSSR count). The van der Waals surface area contributed by atoms with Crippen LogP contribution >= 0.6 is 11.6 Å². The summed E-state index contributed by atoms with van der Waals surface area (Å²) in [6.07, 6.45) is 2.01. The number of amides is 1. The van der Waals surface area contributed by atoms with Gasteiger partial charge in [-0.05, 0) is 26.7 Å². The Bertz CT molecular complexity index is 533. The van der Waals surface area contributed by atoms with Crippen molar-refractivity contribution in [1.29, 1.82) is 0 Å². The number of carbonyl (C=O) groups excluding carboxylic acids is 1. The number of rotatable bonds is 5. The van der Waals surface area contributed by atoms with Crippen molar-refractivity contribution in [3.63, 3.8) is 0 Å². The summed E-state index contributed by atoms with van der Waals surface area (Å²) in [6.45, 7) is 5.18. The number of hydrogen-bond acceptors (Lipinski definition) is 3. The zero-order chi connectivity index (χ0) is 14.0. The highest BCUT2D eigenvalue weighted by molar-refractivity contribution is 6.29. The fourth-order valence-electron chi connectivity index (χ4n) is 2.12. The molecule has 0 atom stereocenters. The molecule has 1 aromatic rings. The molecule has 1 fully saturated rings. The molecule has 19 heavy (non-hydrogen) atoms. The second-order valence-electron chi connectivity index (χ2n) is 4.70. The summed E-state index contributed by atoms with van der Waals surface area (Å²) < 4.78 is 1.46. The largest absolute Gasteiger partial charge is 0.342 e. The van der Waals surface area contributed by atoms with E-state index in [1.807, 2.05) is 13.8 Å². The van der Waals surface area contributed by atoms with Crippen LogP contribution in [0.1, 0.15) is 38.4 Å². The first kappa shape index (κ1) is 14.1. The number of aromatic nitrogens is 2. The monoisotopic (exact) mass is 283 g/mol. The normalized spacial score (nSPS) is 14.5. The SMILES string of the molecule is CCN(CC)C(=O)Cn1c(C2CC2)nc(Cl)cc1=O. The Labute approximate surface area is 117 Å². The van der Waals surface area contributed by atoms with Crippen LogP contribution in [-0.4, -0.2) is 33.4 Å². The predicted octanol–water partition coefficient (Wildman–Crippen LogP) is 1.64. The predicted molar refractivity (Wildman–Crippen MR) is 73.4 cm³/mol. The molecule has 0 spiro atoms. The molecule has 104 valence electrons. The minimum atomic E-state index is -0.248. The molecule has 0 bridgehead atoms. The Hall–Kier alpha value is -1.36. The highest BCUT2D eigenvalue weighted by Crippen LogP contribution is 2.38. The highest BCUT2D eigenvalue weighted by atomic mass is 35.5. The summed E-state index contributed by atoms with van der Waals surface area (Å²) in [7, 11) is 0. The van der Waals surface area contributed by atoms with Crippen LogP contribution in [0.4, 0.5) is 0 Å². The van der Waals surface area contributed by atoms with Crippen molar-refractivity contribution in [3.8, 4) is 0 Å². The van der Waals surface area contributed by atoms with Gasteiger partial charge in [0.05, 0.1) is 0 Å². The third kappa shape index (κ3) is 3.15. The van der Waals surface area contributed by atoms with Crippen LogP contribution in [0.15, 0.2) is 10.9 Å². The first-order valence-corrected chi connectivity index (χ1v) is 6.99. The molecule has 1 aromatic heterocycles. The summed E-state index contributed by atoms with van der Waals surface area (Å²) in [4.78, 5) is 30.0. The van der Waals surface area contributed by atoms with Crippen LogP contribution < -0.4 is 5.56 Å². The van der Waals surface area contributed by atoms with Gasteiger partial charge in [-0.2, -0.15) is 0 Å². The van der Waals surface area contributed by atoms with Gasteiger partial charge < -0.3 is 4.90 Å². The Morgan fingerprint density at radius 2 is 2.11 bits per heavy atom. The zero-order valence-electron chi connectivity index (χ0n) is 11.2. The van der Waals surface area contributed by atoms with Gasteiger partial charge in [-0.1, -0.05) is 11.6 Å². The molecule has 0 unspecified atom stereocenters. The van der Waals surface area contributed by atoms with Crippen molar-refractivity contribution >= 4 is 17.5 Å². The van der Waals surface area contributed by atoms with Crippen molar-refractivity contribution in [2.24, 2.45) is 0 Å². The van der Waals surface area contributed by atoms with Gasteiger partial charge in [-0.3, -0.25) is 14.2 Å². The van der Waals surface area contributed by atoms with Crippen molar-refractivity contribution in [3.05, 3.63) is 27.4 Å². The zero-order valence-corrected chi connectivity index (χ0v) is 12.0.